The lowest BCUT2D eigenvalue weighted by Gasteiger charge is -2.19. The van der Waals surface area contributed by atoms with Crippen LogP contribution >= 0.6 is 0 Å². The second-order valence-electron chi connectivity index (χ2n) is 6.02. The summed E-state index contributed by atoms with van der Waals surface area (Å²) >= 11 is 0. The van der Waals surface area contributed by atoms with Crippen LogP contribution in [0.3, 0.4) is 0 Å². The van der Waals surface area contributed by atoms with Gasteiger partial charge in [0.1, 0.15) is 0 Å². The number of H-pyrrole nitrogens is 1. The molecule has 0 radical (unpaired) electrons. The molecule has 21 heavy (non-hydrogen) atoms. The van der Waals surface area contributed by atoms with Gasteiger partial charge in [0.15, 0.2) is 5.78 Å². The molecule has 1 aliphatic rings. The van der Waals surface area contributed by atoms with E-state index in [1.165, 1.54) is 31.5 Å². The number of halogens is 1. The number of Topliss-reactive ketones (excluding diaryl/α,β-unsaturated/α-hetero) is 1. The van der Waals surface area contributed by atoms with Crippen molar-refractivity contribution in [1.29, 1.82) is 0 Å². The summed E-state index contributed by atoms with van der Waals surface area (Å²) in [5, 5.41) is 3.45. The standard InChI is InChI=1S/C17H22N2O.ClH/c1-12-2-4-16-14(10-12)15(11-19-16)17(20)5-3-13-6-8-18-9-7-13;/h2,4,10-11,13,18-19H,3,5-9H2,1H3;1H. The zero-order chi connectivity index (χ0) is 13.9. The zero-order valence-corrected chi connectivity index (χ0v) is 13.2. The number of ketones is 1. The molecule has 1 saturated heterocycles. The van der Waals surface area contributed by atoms with Crippen LogP contribution < -0.4 is 17.7 Å². The van der Waals surface area contributed by atoms with Crippen molar-refractivity contribution in [1.82, 2.24) is 4.98 Å². The maximum Gasteiger partial charge on any atom is 0.165 e. The number of hydrogen-bond acceptors (Lipinski definition) is 1. The van der Waals surface area contributed by atoms with Crippen LogP contribution in [0.5, 0.6) is 0 Å². The van der Waals surface area contributed by atoms with Gasteiger partial charge in [-0.2, -0.15) is 0 Å². The highest BCUT2D eigenvalue weighted by molar-refractivity contribution is 6.07. The second-order valence-corrected chi connectivity index (χ2v) is 6.02. The van der Waals surface area contributed by atoms with Gasteiger partial charge in [-0.15, -0.1) is 0 Å². The summed E-state index contributed by atoms with van der Waals surface area (Å²) in [4.78, 5) is 15.7. The molecule has 1 fully saturated rings. The number of aryl methyl sites for hydroxylation is 1. The molecule has 3 N–H and O–H groups in total. The molecular formula is C17H23ClN2O. The molecule has 0 unspecified atom stereocenters. The third-order valence-corrected chi connectivity index (χ3v) is 4.48. The minimum Gasteiger partial charge on any atom is -1.00 e. The molecular weight excluding hydrogens is 284 g/mol. The first-order chi connectivity index (χ1) is 9.74. The molecule has 0 bridgehead atoms. The molecule has 4 heteroatoms. The molecule has 0 amide bonds. The van der Waals surface area contributed by atoms with Gasteiger partial charge in [-0.25, -0.2) is 0 Å². The molecule has 0 saturated carbocycles. The number of carbonyl (C=O) groups is 1. The lowest BCUT2D eigenvalue weighted by Crippen LogP contribution is -3.00. The second kappa shape index (κ2) is 7.10. The summed E-state index contributed by atoms with van der Waals surface area (Å²) < 4.78 is 0. The molecule has 1 aromatic carbocycles. The first-order valence-electron chi connectivity index (χ1n) is 7.66. The maximum absolute atomic E-state index is 12.4. The first-order valence-corrected chi connectivity index (χ1v) is 7.66. The minimum atomic E-state index is 0. The molecule has 3 rings (SSSR count). The molecule has 1 aliphatic heterocycles. The lowest BCUT2D eigenvalue weighted by molar-refractivity contribution is -0.664. The van der Waals surface area contributed by atoms with Gasteiger partial charge < -0.3 is 22.7 Å². The van der Waals surface area contributed by atoms with Crippen molar-refractivity contribution in [2.45, 2.75) is 32.6 Å². The van der Waals surface area contributed by atoms with Gasteiger partial charge in [-0.3, -0.25) is 4.79 Å². The first kappa shape index (κ1) is 16.1. The van der Waals surface area contributed by atoms with Gasteiger partial charge in [-0.05, 0) is 44.2 Å². The fraction of sp³-hybridized carbons (Fsp3) is 0.471. The van der Waals surface area contributed by atoms with Crippen molar-refractivity contribution < 1.29 is 22.5 Å². The highest BCUT2D eigenvalue weighted by atomic mass is 35.5. The van der Waals surface area contributed by atoms with Crippen molar-refractivity contribution in [3.05, 3.63) is 35.5 Å². The van der Waals surface area contributed by atoms with Crippen LogP contribution in [0.4, 0.5) is 0 Å². The third kappa shape index (κ3) is 3.66. The maximum atomic E-state index is 12.4. The summed E-state index contributed by atoms with van der Waals surface area (Å²) in [6.45, 7) is 4.52. The Morgan fingerprint density at radius 3 is 2.86 bits per heavy atom. The van der Waals surface area contributed by atoms with E-state index in [1.807, 2.05) is 6.20 Å². The largest absolute Gasteiger partial charge is 1.00 e. The van der Waals surface area contributed by atoms with Gasteiger partial charge >= 0.3 is 0 Å². The molecule has 2 aromatic rings. The number of nitrogens with two attached hydrogens (primary N) is 1. The van der Waals surface area contributed by atoms with E-state index in [9.17, 15) is 4.79 Å². The van der Waals surface area contributed by atoms with Crippen LogP contribution in [-0.2, 0) is 0 Å². The predicted molar refractivity (Wildman–Crippen MR) is 81.0 cm³/mol. The van der Waals surface area contributed by atoms with Gasteiger partial charge in [0.2, 0.25) is 0 Å². The van der Waals surface area contributed by atoms with Crippen molar-refractivity contribution >= 4 is 16.7 Å². The van der Waals surface area contributed by atoms with Crippen LogP contribution in [0.1, 0.15) is 41.6 Å². The van der Waals surface area contributed by atoms with E-state index in [0.29, 0.717) is 6.42 Å². The van der Waals surface area contributed by atoms with E-state index in [1.54, 1.807) is 0 Å². The Labute approximate surface area is 131 Å². The number of carbonyl (C=O) groups excluding carboxylic acids is 1. The predicted octanol–water partition coefficient (Wildman–Crippen LogP) is -0.583. The summed E-state index contributed by atoms with van der Waals surface area (Å²) in [5.74, 6) is 1.03. The number of piperidine rings is 1. The van der Waals surface area contributed by atoms with E-state index < -0.39 is 0 Å². The topological polar surface area (TPSA) is 49.5 Å². The lowest BCUT2D eigenvalue weighted by atomic mass is 9.91. The number of aromatic amines is 1. The summed E-state index contributed by atoms with van der Waals surface area (Å²) in [7, 11) is 0. The van der Waals surface area contributed by atoms with Crippen LogP contribution in [0.25, 0.3) is 10.9 Å². The number of aromatic nitrogens is 1. The van der Waals surface area contributed by atoms with Gasteiger partial charge in [0.25, 0.3) is 0 Å². The van der Waals surface area contributed by atoms with Crippen molar-refractivity contribution in [2.75, 3.05) is 13.1 Å². The molecule has 2 heterocycles. The summed E-state index contributed by atoms with van der Waals surface area (Å²) in [6, 6.07) is 6.23. The molecule has 0 aliphatic carbocycles. The number of rotatable bonds is 4. The number of hydrogen-bond donors (Lipinski definition) is 2. The van der Waals surface area contributed by atoms with E-state index in [-0.39, 0.29) is 18.2 Å². The van der Waals surface area contributed by atoms with Crippen LogP contribution in [0, 0.1) is 12.8 Å². The van der Waals surface area contributed by atoms with E-state index >= 15 is 0 Å². The molecule has 0 atom stereocenters. The van der Waals surface area contributed by atoms with Crippen LogP contribution in [0.2, 0.25) is 0 Å². The SMILES string of the molecule is Cc1ccc2[nH]cc(C(=O)CCC3CC[NH2+]CC3)c2c1.[Cl-]. The molecule has 1 aromatic heterocycles. The normalized spacial score (nSPS) is 15.9. The smallest absolute Gasteiger partial charge is 0.165 e. The molecule has 3 nitrogen and oxygen atoms in total. The summed E-state index contributed by atoms with van der Waals surface area (Å²) in [5.41, 5.74) is 3.13. The molecule has 0 spiro atoms. The van der Waals surface area contributed by atoms with E-state index in [0.717, 1.165) is 28.8 Å². The Bertz CT molecular complexity index is 614. The van der Waals surface area contributed by atoms with Crippen LogP contribution in [0.15, 0.2) is 24.4 Å². The Kier molecular flexibility index (Phi) is 5.43. The van der Waals surface area contributed by atoms with Crippen LogP contribution in [-0.4, -0.2) is 23.9 Å². The number of nitrogens with one attached hydrogen (secondary N) is 1. The Hall–Kier alpha value is -1.32. The monoisotopic (exact) mass is 306 g/mol. The number of benzene rings is 1. The average Bonchev–Trinajstić information content (AvgIpc) is 2.89. The minimum absolute atomic E-state index is 0. The zero-order valence-electron chi connectivity index (χ0n) is 12.5. The van der Waals surface area contributed by atoms with Gasteiger partial charge in [-0.1, -0.05) is 11.6 Å². The average molecular weight is 307 g/mol. The summed E-state index contributed by atoms with van der Waals surface area (Å²) in [6.07, 6.45) is 6.14. The third-order valence-electron chi connectivity index (χ3n) is 4.48. The number of quaternary nitrogens is 1. The van der Waals surface area contributed by atoms with Crippen molar-refractivity contribution in [3.63, 3.8) is 0 Å². The van der Waals surface area contributed by atoms with Crippen molar-refractivity contribution in [3.8, 4) is 0 Å². The Morgan fingerprint density at radius 2 is 2.10 bits per heavy atom. The fourth-order valence-electron chi connectivity index (χ4n) is 3.22. The fourth-order valence-corrected chi connectivity index (χ4v) is 3.22. The van der Waals surface area contributed by atoms with Gasteiger partial charge in [0, 0.05) is 29.1 Å². The molecule has 114 valence electrons. The highest BCUT2D eigenvalue weighted by Gasteiger charge is 2.18. The Morgan fingerprint density at radius 1 is 1.33 bits per heavy atom. The van der Waals surface area contributed by atoms with E-state index in [4.69, 9.17) is 0 Å². The van der Waals surface area contributed by atoms with E-state index in [2.05, 4.69) is 35.4 Å². The quantitative estimate of drug-likeness (QED) is 0.730. The Balaban J connectivity index is 0.00000161. The number of fused-ring (bicyclic) bond motifs is 1. The van der Waals surface area contributed by atoms with Crippen molar-refractivity contribution in [2.24, 2.45) is 5.92 Å². The van der Waals surface area contributed by atoms with Gasteiger partial charge in [0.05, 0.1) is 13.1 Å². The highest BCUT2D eigenvalue weighted by Crippen LogP contribution is 2.23.